The lowest BCUT2D eigenvalue weighted by Crippen LogP contribution is -2.23. The SMILES string of the molecule is NC(=O)c1ccc(CN2CCC(C(=O)O)C2)c(Cl)c1. The Hall–Kier alpha value is -1.59. The second-order valence-corrected chi connectivity index (χ2v) is 5.14. The molecule has 1 aromatic carbocycles. The van der Waals surface area contributed by atoms with Gasteiger partial charge in [-0.1, -0.05) is 17.7 Å². The average Bonchev–Trinajstić information content (AvgIpc) is 2.80. The lowest BCUT2D eigenvalue weighted by molar-refractivity contribution is -0.141. The van der Waals surface area contributed by atoms with Crippen LogP contribution < -0.4 is 5.73 Å². The van der Waals surface area contributed by atoms with E-state index in [4.69, 9.17) is 22.4 Å². The van der Waals surface area contributed by atoms with E-state index in [1.165, 1.54) is 0 Å². The number of nitrogens with zero attached hydrogens (tertiary/aromatic N) is 1. The lowest BCUT2D eigenvalue weighted by Gasteiger charge is -2.16. The van der Waals surface area contributed by atoms with Crippen molar-refractivity contribution in [1.82, 2.24) is 4.90 Å². The topological polar surface area (TPSA) is 83.6 Å². The second kappa shape index (κ2) is 5.59. The van der Waals surface area contributed by atoms with Crippen LogP contribution in [0.2, 0.25) is 5.02 Å². The number of hydrogen-bond acceptors (Lipinski definition) is 3. The monoisotopic (exact) mass is 282 g/mol. The predicted octanol–water partition coefficient (Wildman–Crippen LogP) is 1.35. The Morgan fingerprint density at radius 2 is 2.21 bits per heavy atom. The van der Waals surface area contributed by atoms with Gasteiger partial charge in [0.05, 0.1) is 5.92 Å². The van der Waals surface area contributed by atoms with Crippen molar-refractivity contribution in [3.8, 4) is 0 Å². The smallest absolute Gasteiger partial charge is 0.307 e. The molecular formula is C13H15ClN2O3. The zero-order chi connectivity index (χ0) is 14.0. The normalized spacial score (nSPS) is 19.5. The minimum absolute atomic E-state index is 0.302. The molecule has 0 radical (unpaired) electrons. The zero-order valence-electron chi connectivity index (χ0n) is 10.3. The Morgan fingerprint density at radius 3 is 2.74 bits per heavy atom. The number of rotatable bonds is 4. The third-order valence-corrected chi connectivity index (χ3v) is 3.70. The van der Waals surface area contributed by atoms with Crippen LogP contribution in [0.3, 0.4) is 0 Å². The molecule has 1 atom stereocenters. The van der Waals surface area contributed by atoms with Gasteiger partial charge in [0.2, 0.25) is 5.91 Å². The van der Waals surface area contributed by atoms with Crippen molar-refractivity contribution in [2.24, 2.45) is 11.7 Å². The molecule has 0 bridgehead atoms. The largest absolute Gasteiger partial charge is 0.481 e. The molecule has 3 N–H and O–H groups in total. The molecule has 0 spiro atoms. The van der Waals surface area contributed by atoms with E-state index in [2.05, 4.69) is 0 Å². The number of halogens is 1. The van der Waals surface area contributed by atoms with Crippen LogP contribution in [0.15, 0.2) is 18.2 Å². The van der Waals surface area contributed by atoms with E-state index in [0.29, 0.717) is 30.1 Å². The van der Waals surface area contributed by atoms with Crippen molar-refractivity contribution >= 4 is 23.5 Å². The summed E-state index contributed by atoms with van der Waals surface area (Å²) in [6, 6.07) is 4.94. The number of nitrogens with two attached hydrogens (primary N) is 1. The molecule has 6 heteroatoms. The molecule has 1 aliphatic rings. The summed E-state index contributed by atoms with van der Waals surface area (Å²) in [5, 5.41) is 9.43. The van der Waals surface area contributed by atoms with Gasteiger partial charge in [-0.15, -0.1) is 0 Å². The van der Waals surface area contributed by atoms with E-state index in [9.17, 15) is 9.59 Å². The third-order valence-electron chi connectivity index (χ3n) is 3.35. The highest BCUT2D eigenvalue weighted by atomic mass is 35.5. The first kappa shape index (κ1) is 13.8. The van der Waals surface area contributed by atoms with E-state index < -0.39 is 11.9 Å². The van der Waals surface area contributed by atoms with E-state index >= 15 is 0 Å². The maximum atomic E-state index is 11.0. The van der Waals surface area contributed by atoms with Crippen molar-refractivity contribution in [2.75, 3.05) is 13.1 Å². The number of carboxylic acid groups (broad SMARTS) is 1. The maximum absolute atomic E-state index is 11.0. The molecule has 19 heavy (non-hydrogen) atoms. The van der Waals surface area contributed by atoms with E-state index in [-0.39, 0.29) is 5.92 Å². The highest BCUT2D eigenvalue weighted by Gasteiger charge is 2.28. The molecule has 102 valence electrons. The van der Waals surface area contributed by atoms with Crippen LogP contribution >= 0.6 is 11.6 Å². The first-order valence-corrected chi connectivity index (χ1v) is 6.38. The molecule has 1 unspecified atom stereocenters. The summed E-state index contributed by atoms with van der Waals surface area (Å²) >= 11 is 6.10. The summed E-state index contributed by atoms with van der Waals surface area (Å²) in [6.45, 7) is 1.86. The van der Waals surface area contributed by atoms with Gasteiger partial charge in [0, 0.05) is 23.7 Å². The summed E-state index contributed by atoms with van der Waals surface area (Å²) in [6.07, 6.45) is 0.659. The fraction of sp³-hybridized carbons (Fsp3) is 0.385. The van der Waals surface area contributed by atoms with E-state index in [0.717, 1.165) is 12.1 Å². The molecule has 0 saturated carbocycles. The standard InChI is InChI=1S/C13H15ClN2O3/c14-11-5-8(12(15)17)1-2-9(11)6-16-4-3-10(7-16)13(18)19/h1-2,5,10H,3-4,6-7H2,(H2,15,17)(H,18,19). The molecule has 1 saturated heterocycles. The fourth-order valence-electron chi connectivity index (χ4n) is 2.25. The molecular weight excluding hydrogens is 268 g/mol. The Balaban J connectivity index is 2.04. The third kappa shape index (κ3) is 3.24. The molecule has 5 nitrogen and oxygen atoms in total. The average molecular weight is 283 g/mol. The van der Waals surface area contributed by atoms with Crippen LogP contribution in [0.25, 0.3) is 0 Å². The van der Waals surface area contributed by atoms with Gasteiger partial charge in [0.25, 0.3) is 0 Å². The number of carbonyl (C=O) groups excluding carboxylic acids is 1. The minimum atomic E-state index is -0.752. The van der Waals surface area contributed by atoms with Crippen LogP contribution in [0, 0.1) is 5.92 Å². The second-order valence-electron chi connectivity index (χ2n) is 4.73. The number of amides is 1. The molecule has 1 fully saturated rings. The van der Waals surface area contributed by atoms with E-state index in [1.807, 2.05) is 4.90 Å². The Labute approximate surface area is 116 Å². The number of hydrogen-bond donors (Lipinski definition) is 2. The summed E-state index contributed by atoms with van der Waals surface area (Å²) in [7, 11) is 0. The Morgan fingerprint density at radius 1 is 1.47 bits per heavy atom. The molecule has 0 aromatic heterocycles. The Kier molecular flexibility index (Phi) is 4.07. The zero-order valence-corrected chi connectivity index (χ0v) is 11.1. The number of carbonyl (C=O) groups is 2. The maximum Gasteiger partial charge on any atom is 0.307 e. The molecule has 0 aliphatic carbocycles. The quantitative estimate of drug-likeness (QED) is 0.873. The summed E-state index contributed by atoms with van der Waals surface area (Å²) in [5.74, 6) is -1.57. The van der Waals surface area contributed by atoms with Crippen molar-refractivity contribution in [3.05, 3.63) is 34.3 Å². The van der Waals surface area contributed by atoms with Gasteiger partial charge in [0.15, 0.2) is 0 Å². The van der Waals surface area contributed by atoms with Gasteiger partial charge in [-0.2, -0.15) is 0 Å². The lowest BCUT2D eigenvalue weighted by atomic mass is 10.1. The summed E-state index contributed by atoms with van der Waals surface area (Å²) in [5.41, 5.74) is 6.42. The van der Waals surface area contributed by atoms with Crippen LogP contribution in [0.5, 0.6) is 0 Å². The summed E-state index contributed by atoms with van der Waals surface area (Å²) < 4.78 is 0. The van der Waals surface area contributed by atoms with E-state index in [1.54, 1.807) is 18.2 Å². The minimum Gasteiger partial charge on any atom is -0.481 e. The van der Waals surface area contributed by atoms with Gasteiger partial charge < -0.3 is 10.8 Å². The van der Waals surface area contributed by atoms with Gasteiger partial charge >= 0.3 is 5.97 Å². The number of benzene rings is 1. The molecule has 1 aliphatic heterocycles. The van der Waals surface area contributed by atoms with Crippen molar-refractivity contribution < 1.29 is 14.7 Å². The first-order chi connectivity index (χ1) is 8.97. The Bertz CT molecular complexity index is 519. The molecule has 1 amide bonds. The number of primary amides is 1. The van der Waals surface area contributed by atoms with Gasteiger partial charge in [-0.3, -0.25) is 14.5 Å². The first-order valence-electron chi connectivity index (χ1n) is 6.00. The molecule has 1 heterocycles. The van der Waals surface area contributed by atoms with Crippen LogP contribution in [0.4, 0.5) is 0 Å². The number of likely N-dealkylation sites (tertiary alicyclic amines) is 1. The molecule has 2 rings (SSSR count). The number of carboxylic acids is 1. The number of aliphatic carboxylic acids is 1. The fourth-order valence-corrected chi connectivity index (χ4v) is 2.49. The van der Waals surface area contributed by atoms with Crippen LogP contribution in [-0.2, 0) is 11.3 Å². The van der Waals surface area contributed by atoms with Crippen molar-refractivity contribution in [3.63, 3.8) is 0 Å². The van der Waals surface area contributed by atoms with Crippen LogP contribution in [0.1, 0.15) is 22.3 Å². The molecule has 1 aromatic rings. The van der Waals surface area contributed by atoms with Gasteiger partial charge in [-0.05, 0) is 30.7 Å². The predicted molar refractivity (Wildman–Crippen MR) is 71.0 cm³/mol. The summed E-state index contributed by atoms with van der Waals surface area (Å²) in [4.78, 5) is 23.9. The van der Waals surface area contributed by atoms with Crippen molar-refractivity contribution in [1.29, 1.82) is 0 Å². The highest BCUT2D eigenvalue weighted by Crippen LogP contribution is 2.23. The van der Waals surface area contributed by atoms with Crippen molar-refractivity contribution in [2.45, 2.75) is 13.0 Å². The highest BCUT2D eigenvalue weighted by molar-refractivity contribution is 6.31. The van der Waals surface area contributed by atoms with Gasteiger partial charge in [-0.25, -0.2) is 0 Å². The van der Waals surface area contributed by atoms with Gasteiger partial charge in [0.1, 0.15) is 0 Å². The van der Waals surface area contributed by atoms with Crippen LogP contribution in [-0.4, -0.2) is 35.0 Å².